The molecule has 0 aromatic carbocycles. The molecule has 0 spiro atoms. The van der Waals surface area contributed by atoms with Crippen LogP contribution in [0, 0.1) is 0 Å². The van der Waals surface area contributed by atoms with Crippen LogP contribution in [0.3, 0.4) is 0 Å². The van der Waals surface area contributed by atoms with E-state index in [1.165, 1.54) is 116 Å². The minimum Gasteiger partial charge on any atom is -0.466 e. The smallest absolute Gasteiger partial charge is 0.305 e. The van der Waals surface area contributed by atoms with Crippen LogP contribution in [-0.2, 0) is 19.1 Å². The number of esters is 2. The maximum Gasteiger partial charge on any atom is 0.305 e. The molecule has 0 atom stereocenters. The van der Waals surface area contributed by atoms with E-state index >= 15 is 0 Å². The Morgan fingerprint density at radius 3 is 0.868 bits per heavy atom. The Labute approximate surface area is 237 Å². The van der Waals surface area contributed by atoms with E-state index in [0.717, 1.165) is 51.4 Å². The van der Waals surface area contributed by atoms with Gasteiger partial charge in [-0.3, -0.25) is 9.59 Å². The molecule has 0 N–H and O–H groups in total. The highest BCUT2D eigenvalue weighted by molar-refractivity contribution is 5.69. The first-order valence-corrected chi connectivity index (χ1v) is 17.0. The molecule has 0 saturated carbocycles. The van der Waals surface area contributed by atoms with Crippen molar-refractivity contribution in [3.05, 3.63) is 0 Å². The van der Waals surface area contributed by atoms with Gasteiger partial charge in [-0.25, -0.2) is 0 Å². The van der Waals surface area contributed by atoms with Gasteiger partial charge in [0, 0.05) is 12.8 Å². The lowest BCUT2D eigenvalue weighted by Gasteiger charge is -2.06. The van der Waals surface area contributed by atoms with Gasteiger partial charge in [0.25, 0.3) is 0 Å². The Bertz CT molecular complexity index is 491. The second-order valence-corrected chi connectivity index (χ2v) is 11.4. The van der Waals surface area contributed by atoms with Crippen LogP contribution in [0.15, 0.2) is 0 Å². The standard InChI is InChI=1S/C34H66O4/c1-3-5-7-9-11-12-13-14-15-16-17-20-24-28-32-38-34(36)30-26-22-19-18-21-25-29-33(35)37-31-27-23-10-8-6-4-2/h3-32H2,1-2H3. The molecule has 4 heteroatoms. The van der Waals surface area contributed by atoms with Gasteiger partial charge in [-0.05, 0) is 25.7 Å². The van der Waals surface area contributed by atoms with Crippen molar-refractivity contribution in [3.8, 4) is 0 Å². The zero-order chi connectivity index (χ0) is 27.8. The molecule has 0 aromatic heterocycles. The van der Waals surface area contributed by atoms with Gasteiger partial charge in [0.1, 0.15) is 0 Å². The van der Waals surface area contributed by atoms with E-state index < -0.39 is 0 Å². The number of hydrogen-bond donors (Lipinski definition) is 0. The van der Waals surface area contributed by atoms with Gasteiger partial charge in [0.15, 0.2) is 0 Å². The van der Waals surface area contributed by atoms with Crippen LogP contribution in [0.25, 0.3) is 0 Å². The third-order valence-corrected chi connectivity index (χ3v) is 7.53. The summed E-state index contributed by atoms with van der Waals surface area (Å²) in [5.41, 5.74) is 0. The first-order valence-electron chi connectivity index (χ1n) is 17.0. The molecule has 0 fully saturated rings. The van der Waals surface area contributed by atoms with E-state index in [-0.39, 0.29) is 11.9 Å². The zero-order valence-electron chi connectivity index (χ0n) is 25.8. The summed E-state index contributed by atoms with van der Waals surface area (Å²) < 4.78 is 10.7. The summed E-state index contributed by atoms with van der Waals surface area (Å²) in [5, 5.41) is 0. The SMILES string of the molecule is CCCCCCCCCCCCCCCCOC(=O)CCCCCCCCC(=O)OCCCCCCCC. The predicted octanol–water partition coefficient (Wildman–Crippen LogP) is 11.0. The van der Waals surface area contributed by atoms with Crippen LogP contribution in [0.5, 0.6) is 0 Å². The number of unbranched alkanes of at least 4 members (excludes halogenated alkanes) is 23. The van der Waals surface area contributed by atoms with Crippen molar-refractivity contribution < 1.29 is 19.1 Å². The van der Waals surface area contributed by atoms with Gasteiger partial charge in [-0.1, -0.05) is 155 Å². The van der Waals surface area contributed by atoms with Crippen LogP contribution >= 0.6 is 0 Å². The van der Waals surface area contributed by atoms with Crippen LogP contribution < -0.4 is 0 Å². The fourth-order valence-electron chi connectivity index (χ4n) is 4.94. The molecule has 226 valence electrons. The first-order chi connectivity index (χ1) is 18.7. The maximum atomic E-state index is 11.9. The molecule has 0 saturated heterocycles. The minimum absolute atomic E-state index is 0.0344. The van der Waals surface area contributed by atoms with Gasteiger partial charge in [0.05, 0.1) is 13.2 Å². The third-order valence-electron chi connectivity index (χ3n) is 7.53. The van der Waals surface area contributed by atoms with Gasteiger partial charge in [-0.2, -0.15) is 0 Å². The molecule has 0 bridgehead atoms. The van der Waals surface area contributed by atoms with E-state index in [0.29, 0.717) is 26.1 Å². The fraction of sp³-hybridized carbons (Fsp3) is 0.941. The number of carbonyl (C=O) groups excluding carboxylic acids is 2. The number of rotatable bonds is 31. The van der Waals surface area contributed by atoms with E-state index in [1.807, 2.05) is 0 Å². The summed E-state index contributed by atoms with van der Waals surface area (Å²) in [6.45, 7) is 5.67. The second-order valence-electron chi connectivity index (χ2n) is 11.4. The molecular formula is C34H66O4. The Morgan fingerprint density at radius 1 is 0.342 bits per heavy atom. The monoisotopic (exact) mass is 538 g/mol. The minimum atomic E-state index is -0.0416. The number of hydrogen-bond acceptors (Lipinski definition) is 4. The summed E-state index contributed by atoms with van der Waals surface area (Å²) in [4.78, 5) is 23.7. The maximum absolute atomic E-state index is 11.9. The first kappa shape index (κ1) is 36.9. The summed E-state index contributed by atoms with van der Waals surface area (Å²) in [7, 11) is 0. The molecule has 0 aliphatic carbocycles. The summed E-state index contributed by atoms with van der Waals surface area (Å²) in [6, 6.07) is 0. The normalized spacial score (nSPS) is 11.1. The van der Waals surface area contributed by atoms with Crippen molar-refractivity contribution in [1.29, 1.82) is 0 Å². The van der Waals surface area contributed by atoms with E-state index in [4.69, 9.17) is 9.47 Å². The molecule has 0 amide bonds. The molecule has 0 aromatic rings. The van der Waals surface area contributed by atoms with Crippen LogP contribution in [0.2, 0.25) is 0 Å². The van der Waals surface area contributed by atoms with Crippen molar-refractivity contribution >= 4 is 11.9 Å². The Kier molecular flexibility index (Phi) is 31.3. The van der Waals surface area contributed by atoms with Crippen LogP contribution in [-0.4, -0.2) is 25.2 Å². The largest absolute Gasteiger partial charge is 0.466 e. The lowest BCUT2D eigenvalue weighted by Crippen LogP contribution is -2.06. The van der Waals surface area contributed by atoms with Gasteiger partial charge < -0.3 is 9.47 Å². The molecular weight excluding hydrogens is 472 g/mol. The lowest BCUT2D eigenvalue weighted by atomic mass is 10.0. The quantitative estimate of drug-likeness (QED) is 0.0650. The fourth-order valence-corrected chi connectivity index (χ4v) is 4.94. The molecule has 0 aliphatic rings. The highest BCUT2D eigenvalue weighted by Crippen LogP contribution is 2.14. The molecule has 0 rings (SSSR count). The van der Waals surface area contributed by atoms with Gasteiger partial charge in [-0.15, -0.1) is 0 Å². The lowest BCUT2D eigenvalue weighted by molar-refractivity contribution is -0.144. The van der Waals surface area contributed by atoms with Crippen molar-refractivity contribution in [1.82, 2.24) is 0 Å². The van der Waals surface area contributed by atoms with Gasteiger partial charge >= 0.3 is 11.9 Å². The number of ether oxygens (including phenoxy) is 2. The Morgan fingerprint density at radius 2 is 0.579 bits per heavy atom. The Balaban J connectivity index is 3.23. The topological polar surface area (TPSA) is 52.6 Å². The van der Waals surface area contributed by atoms with Crippen molar-refractivity contribution in [2.24, 2.45) is 0 Å². The predicted molar refractivity (Wildman–Crippen MR) is 163 cm³/mol. The average molecular weight is 539 g/mol. The molecule has 38 heavy (non-hydrogen) atoms. The molecule has 4 nitrogen and oxygen atoms in total. The van der Waals surface area contributed by atoms with Crippen molar-refractivity contribution in [2.75, 3.05) is 13.2 Å². The van der Waals surface area contributed by atoms with E-state index in [2.05, 4.69) is 13.8 Å². The van der Waals surface area contributed by atoms with Crippen molar-refractivity contribution in [3.63, 3.8) is 0 Å². The third kappa shape index (κ3) is 31.2. The molecule has 0 radical (unpaired) electrons. The van der Waals surface area contributed by atoms with Crippen LogP contribution in [0.1, 0.15) is 194 Å². The summed E-state index contributed by atoms with van der Waals surface area (Å²) >= 11 is 0. The van der Waals surface area contributed by atoms with Crippen LogP contribution in [0.4, 0.5) is 0 Å². The summed E-state index contributed by atoms with van der Waals surface area (Å²) in [6.07, 6.45) is 33.4. The van der Waals surface area contributed by atoms with E-state index in [1.54, 1.807) is 0 Å². The summed E-state index contributed by atoms with van der Waals surface area (Å²) in [5.74, 6) is -0.0760. The second kappa shape index (κ2) is 32.2. The Hall–Kier alpha value is -1.06. The molecule has 0 aliphatic heterocycles. The zero-order valence-corrected chi connectivity index (χ0v) is 25.8. The highest BCUT2D eigenvalue weighted by Gasteiger charge is 2.04. The molecule has 0 unspecified atom stereocenters. The van der Waals surface area contributed by atoms with Gasteiger partial charge in [0.2, 0.25) is 0 Å². The number of carbonyl (C=O) groups is 2. The average Bonchev–Trinajstić information content (AvgIpc) is 2.91. The highest BCUT2D eigenvalue weighted by atomic mass is 16.5. The van der Waals surface area contributed by atoms with Crippen molar-refractivity contribution in [2.45, 2.75) is 194 Å². The van der Waals surface area contributed by atoms with E-state index in [9.17, 15) is 9.59 Å². The molecule has 0 heterocycles.